The van der Waals surface area contributed by atoms with Gasteiger partial charge in [-0.05, 0) is 31.9 Å². The molecule has 0 fully saturated rings. The molecular formula is C15H15ClF3N3O. The van der Waals surface area contributed by atoms with Crippen LogP contribution in [0.25, 0.3) is 0 Å². The first kappa shape index (κ1) is 17.3. The molecular weight excluding hydrogens is 331 g/mol. The maximum atomic E-state index is 12.9. The summed E-state index contributed by atoms with van der Waals surface area (Å²) in [4.78, 5) is 12.3. The van der Waals surface area contributed by atoms with Crippen LogP contribution in [0.15, 0.2) is 12.1 Å². The fraction of sp³-hybridized carbons (Fsp3) is 0.333. The summed E-state index contributed by atoms with van der Waals surface area (Å²) in [7, 11) is 1.09. The number of aromatic nitrogens is 2. The van der Waals surface area contributed by atoms with Gasteiger partial charge in [0.15, 0.2) is 11.4 Å². The van der Waals surface area contributed by atoms with Gasteiger partial charge in [0.25, 0.3) is 5.91 Å². The third-order valence-corrected chi connectivity index (χ3v) is 3.75. The van der Waals surface area contributed by atoms with Gasteiger partial charge in [-0.25, -0.2) is 0 Å². The highest BCUT2D eigenvalue weighted by Gasteiger charge is 2.40. The molecule has 0 bridgehead atoms. The minimum absolute atomic E-state index is 0.458. The van der Waals surface area contributed by atoms with E-state index in [4.69, 9.17) is 11.6 Å². The van der Waals surface area contributed by atoms with Gasteiger partial charge in [-0.1, -0.05) is 29.3 Å². The van der Waals surface area contributed by atoms with Gasteiger partial charge in [-0.2, -0.15) is 18.3 Å². The zero-order valence-electron chi connectivity index (χ0n) is 13.0. The number of aryl methyl sites for hydroxylation is 4. The highest BCUT2D eigenvalue weighted by molar-refractivity contribution is 6.34. The van der Waals surface area contributed by atoms with Crippen molar-refractivity contribution < 1.29 is 18.0 Å². The molecule has 0 aliphatic rings. The Morgan fingerprint density at radius 2 is 1.74 bits per heavy atom. The van der Waals surface area contributed by atoms with E-state index in [9.17, 15) is 18.0 Å². The number of anilines is 1. The van der Waals surface area contributed by atoms with Gasteiger partial charge < -0.3 is 5.32 Å². The number of alkyl halides is 3. The molecule has 1 amide bonds. The van der Waals surface area contributed by atoms with Crippen LogP contribution in [0.1, 0.15) is 32.9 Å². The first-order chi connectivity index (χ1) is 10.5. The number of nitrogens with zero attached hydrogens (tertiary/aromatic N) is 2. The van der Waals surface area contributed by atoms with Gasteiger partial charge in [0.05, 0.1) is 0 Å². The summed E-state index contributed by atoms with van der Waals surface area (Å²) >= 11 is 5.72. The summed E-state index contributed by atoms with van der Waals surface area (Å²) < 4.78 is 39.3. The van der Waals surface area contributed by atoms with Gasteiger partial charge in [0.1, 0.15) is 5.02 Å². The molecule has 0 aliphatic heterocycles. The molecule has 2 rings (SSSR count). The second kappa shape index (κ2) is 5.88. The number of benzene rings is 1. The Kier molecular flexibility index (Phi) is 4.43. The van der Waals surface area contributed by atoms with E-state index in [-0.39, 0.29) is 0 Å². The minimum atomic E-state index is -4.69. The van der Waals surface area contributed by atoms with Crippen LogP contribution in [0.2, 0.25) is 5.02 Å². The SMILES string of the molecule is Cc1cc(C)c(NC(=O)c2nn(C)c(C(F)(F)F)c2Cl)c(C)c1. The Labute approximate surface area is 136 Å². The largest absolute Gasteiger partial charge is 0.434 e. The maximum Gasteiger partial charge on any atom is 0.434 e. The lowest BCUT2D eigenvalue weighted by Gasteiger charge is -2.12. The lowest BCUT2D eigenvalue weighted by atomic mass is 10.1. The van der Waals surface area contributed by atoms with E-state index in [1.54, 1.807) is 13.8 Å². The van der Waals surface area contributed by atoms with Crippen LogP contribution < -0.4 is 5.32 Å². The van der Waals surface area contributed by atoms with Crippen LogP contribution in [0.3, 0.4) is 0 Å². The van der Waals surface area contributed by atoms with Gasteiger partial charge in [-0.3, -0.25) is 9.48 Å². The molecule has 1 aromatic heterocycles. The van der Waals surface area contributed by atoms with Gasteiger partial charge >= 0.3 is 6.18 Å². The van der Waals surface area contributed by atoms with E-state index in [1.165, 1.54) is 0 Å². The van der Waals surface area contributed by atoms with Crippen LogP contribution in [-0.4, -0.2) is 15.7 Å². The second-order valence-electron chi connectivity index (χ2n) is 5.36. The summed E-state index contributed by atoms with van der Waals surface area (Å²) in [6.45, 7) is 5.52. The molecule has 1 aromatic carbocycles. The number of halogens is 4. The van der Waals surface area contributed by atoms with E-state index in [2.05, 4.69) is 10.4 Å². The van der Waals surface area contributed by atoms with Gasteiger partial charge in [0.2, 0.25) is 0 Å². The molecule has 23 heavy (non-hydrogen) atoms. The first-order valence-electron chi connectivity index (χ1n) is 6.71. The van der Waals surface area contributed by atoms with Crippen molar-refractivity contribution in [2.24, 2.45) is 7.05 Å². The summed E-state index contributed by atoms with van der Waals surface area (Å²) in [6.07, 6.45) is -4.69. The highest BCUT2D eigenvalue weighted by atomic mass is 35.5. The molecule has 0 saturated heterocycles. The Bertz CT molecular complexity index is 758. The lowest BCUT2D eigenvalue weighted by molar-refractivity contribution is -0.143. The van der Waals surface area contributed by atoms with E-state index >= 15 is 0 Å². The molecule has 1 N–H and O–H groups in total. The van der Waals surface area contributed by atoms with Gasteiger partial charge in [-0.15, -0.1) is 0 Å². The average Bonchev–Trinajstić information content (AvgIpc) is 2.68. The van der Waals surface area contributed by atoms with Crippen LogP contribution >= 0.6 is 11.6 Å². The molecule has 0 atom stereocenters. The lowest BCUT2D eigenvalue weighted by Crippen LogP contribution is -2.15. The number of hydrogen-bond donors (Lipinski definition) is 1. The standard InChI is InChI=1S/C15H15ClF3N3O/c1-7-5-8(2)11(9(3)6-7)20-14(23)12-10(16)13(15(17,18)19)22(4)21-12/h5-6H,1-4H3,(H,20,23). The fourth-order valence-electron chi connectivity index (χ4n) is 2.50. The predicted molar refractivity (Wildman–Crippen MR) is 81.8 cm³/mol. The van der Waals surface area contributed by atoms with Crippen molar-refractivity contribution in [1.82, 2.24) is 9.78 Å². The number of rotatable bonds is 2. The third kappa shape index (κ3) is 3.34. The molecule has 124 valence electrons. The predicted octanol–water partition coefficient (Wildman–Crippen LogP) is 4.27. The first-order valence-corrected chi connectivity index (χ1v) is 7.09. The molecule has 0 aliphatic carbocycles. The smallest absolute Gasteiger partial charge is 0.320 e. The highest BCUT2D eigenvalue weighted by Crippen LogP contribution is 2.36. The van der Waals surface area contributed by atoms with Crippen molar-refractivity contribution in [3.63, 3.8) is 0 Å². The maximum absolute atomic E-state index is 12.9. The molecule has 0 radical (unpaired) electrons. The Balaban J connectivity index is 2.40. The zero-order chi connectivity index (χ0) is 17.5. The van der Waals surface area contributed by atoms with Gasteiger partial charge in [0, 0.05) is 12.7 Å². The second-order valence-corrected chi connectivity index (χ2v) is 5.74. The summed E-state index contributed by atoms with van der Waals surface area (Å²) in [5, 5.41) is 5.48. The number of hydrogen-bond acceptors (Lipinski definition) is 2. The van der Waals surface area contributed by atoms with Crippen LogP contribution in [0, 0.1) is 20.8 Å². The average molecular weight is 346 g/mol. The fourth-order valence-corrected chi connectivity index (χ4v) is 2.85. The quantitative estimate of drug-likeness (QED) is 0.883. The number of nitrogens with one attached hydrogen (secondary N) is 1. The Hall–Kier alpha value is -2.02. The number of carbonyl (C=O) groups excluding carboxylic acids is 1. The number of amides is 1. The molecule has 4 nitrogen and oxygen atoms in total. The molecule has 0 unspecified atom stereocenters. The van der Waals surface area contributed by atoms with Crippen molar-refractivity contribution in [2.75, 3.05) is 5.32 Å². The zero-order valence-corrected chi connectivity index (χ0v) is 13.7. The molecule has 2 aromatic rings. The molecule has 1 heterocycles. The van der Waals surface area contributed by atoms with Crippen molar-refractivity contribution in [1.29, 1.82) is 0 Å². The third-order valence-electron chi connectivity index (χ3n) is 3.39. The number of carbonyl (C=O) groups is 1. The van der Waals surface area contributed by atoms with Crippen LogP contribution in [0.5, 0.6) is 0 Å². The summed E-state index contributed by atoms with van der Waals surface area (Å²) in [6, 6.07) is 3.73. The van der Waals surface area contributed by atoms with E-state index in [0.717, 1.165) is 23.7 Å². The molecule has 8 heteroatoms. The normalized spacial score (nSPS) is 11.7. The molecule has 0 saturated carbocycles. The van der Waals surface area contributed by atoms with E-state index in [0.29, 0.717) is 10.4 Å². The van der Waals surface area contributed by atoms with Crippen molar-refractivity contribution in [3.8, 4) is 0 Å². The van der Waals surface area contributed by atoms with Crippen molar-refractivity contribution >= 4 is 23.2 Å². The van der Waals surface area contributed by atoms with Crippen molar-refractivity contribution in [2.45, 2.75) is 26.9 Å². The Morgan fingerprint density at radius 3 is 2.17 bits per heavy atom. The van der Waals surface area contributed by atoms with Crippen molar-refractivity contribution in [3.05, 3.63) is 45.2 Å². The van der Waals surface area contributed by atoms with Crippen LogP contribution in [-0.2, 0) is 13.2 Å². The Morgan fingerprint density at radius 1 is 1.22 bits per heavy atom. The molecule has 0 spiro atoms. The summed E-state index contributed by atoms with van der Waals surface area (Å²) in [5.74, 6) is -0.781. The van der Waals surface area contributed by atoms with E-state index < -0.39 is 28.5 Å². The minimum Gasteiger partial charge on any atom is -0.320 e. The monoisotopic (exact) mass is 345 g/mol. The summed E-state index contributed by atoms with van der Waals surface area (Å²) in [5.41, 5.74) is 1.56. The van der Waals surface area contributed by atoms with Crippen LogP contribution in [0.4, 0.5) is 18.9 Å². The topological polar surface area (TPSA) is 46.9 Å². The van der Waals surface area contributed by atoms with E-state index in [1.807, 2.05) is 19.1 Å².